The molecule has 0 aromatic carbocycles. The van der Waals surface area contributed by atoms with Gasteiger partial charge in [0.05, 0.1) is 0 Å². The van der Waals surface area contributed by atoms with Gasteiger partial charge < -0.3 is 4.79 Å². The van der Waals surface area contributed by atoms with Crippen LogP contribution in [0.25, 0.3) is 0 Å². The van der Waals surface area contributed by atoms with Crippen LogP contribution in [0.15, 0.2) is 0 Å². The maximum Gasteiger partial charge on any atom is 0.190 e. The Morgan fingerprint density at radius 1 is 1.17 bits per heavy atom. The van der Waals surface area contributed by atoms with Gasteiger partial charge in [-0.1, -0.05) is 41.2 Å². The average molecular weight is 232 g/mol. The number of carbonyl (C=O) groups is 1. The van der Waals surface area contributed by atoms with Crippen molar-refractivity contribution in [2.24, 2.45) is 0 Å². The van der Waals surface area contributed by atoms with Crippen LogP contribution in [-0.2, 0) is 4.79 Å². The van der Waals surface area contributed by atoms with E-state index in [9.17, 15) is 4.79 Å². The van der Waals surface area contributed by atoms with Crippen LogP contribution in [0.5, 0.6) is 0 Å². The summed E-state index contributed by atoms with van der Waals surface area (Å²) in [6, 6.07) is 0. The maximum atomic E-state index is 10.5. The second-order valence-electron chi connectivity index (χ2n) is 2.88. The molecule has 0 spiro atoms. The van der Waals surface area contributed by atoms with E-state index in [4.69, 9.17) is 34.8 Å². The third-order valence-corrected chi connectivity index (χ3v) is 2.06. The molecule has 0 aromatic rings. The molecule has 0 aliphatic rings. The van der Waals surface area contributed by atoms with Crippen molar-refractivity contribution in [2.45, 2.75) is 42.8 Å². The minimum atomic E-state index is -1.13. The lowest BCUT2D eigenvalue weighted by Crippen LogP contribution is -2.01. The van der Waals surface area contributed by atoms with Gasteiger partial charge in [-0.15, -0.1) is 0 Å². The van der Waals surface area contributed by atoms with E-state index in [2.05, 4.69) is 0 Å². The number of alkyl halides is 3. The molecule has 0 atom stereocenters. The van der Waals surface area contributed by atoms with Gasteiger partial charge in [-0.25, -0.2) is 0 Å². The van der Waals surface area contributed by atoms with Crippen LogP contribution in [0, 0.1) is 0 Å². The summed E-state index contributed by atoms with van der Waals surface area (Å²) < 4.78 is -1.13. The molecule has 0 unspecified atom stereocenters. The quantitative estimate of drug-likeness (QED) is 0.518. The number of unbranched alkanes of at least 4 members (excludes halogenated alkanes) is 2. The lowest BCUT2D eigenvalue weighted by molar-refractivity contribution is -0.117. The van der Waals surface area contributed by atoms with Crippen molar-refractivity contribution in [3.8, 4) is 0 Å². The van der Waals surface area contributed by atoms with E-state index in [1.807, 2.05) is 0 Å². The second kappa shape index (κ2) is 6.06. The summed E-state index contributed by atoms with van der Waals surface area (Å²) in [4.78, 5) is 10.5. The van der Waals surface area contributed by atoms with Gasteiger partial charge in [0.2, 0.25) is 0 Å². The Labute approximate surface area is 88.4 Å². The van der Waals surface area contributed by atoms with Crippen molar-refractivity contribution in [1.82, 2.24) is 0 Å². The summed E-state index contributed by atoms with van der Waals surface area (Å²) in [6.07, 6.45) is 3.92. The van der Waals surface area contributed by atoms with Gasteiger partial charge >= 0.3 is 0 Å². The topological polar surface area (TPSA) is 17.1 Å². The smallest absolute Gasteiger partial charge is 0.190 e. The first-order valence-corrected chi connectivity index (χ1v) is 5.11. The summed E-state index contributed by atoms with van der Waals surface area (Å²) in [6.45, 7) is 1.59. The van der Waals surface area contributed by atoms with E-state index in [0.717, 1.165) is 19.3 Å². The third kappa shape index (κ3) is 10.5. The monoisotopic (exact) mass is 230 g/mol. The van der Waals surface area contributed by atoms with E-state index in [0.29, 0.717) is 12.8 Å². The average Bonchev–Trinajstić information content (AvgIpc) is 1.83. The molecular weight excluding hydrogens is 218 g/mol. The second-order valence-corrected chi connectivity index (χ2v) is 5.39. The van der Waals surface area contributed by atoms with E-state index < -0.39 is 3.79 Å². The van der Waals surface area contributed by atoms with Crippen LogP contribution in [-0.4, -0.2) is 9.58 Å². The summed E-state index contributed by atoms with van der Waals surface area (Å²) in [5.74, 6) is 0.226. The van der Waals surface area contributed by atoms with Gasteiger partial charge in [0.25, 0.3) is 0 Å². The highest BCUT2D eigenvalue weighted by Gasteiger charge is 2.17. The van der Waals surface area contributed by atoms with Gasteiger partial charge in [-0.05, 0) is 26.2 Å². The molecule has 1 nitrogen and oxygen atoms in total. The first-order valence-electron chi connectivity index (χ1n) is 3.98. The summed E-state index contributed by atoms with van der Waals surface area (Å²) >= 11 is 16.6. The van der Waals surface area contributed by atoms with Crippen molar-refractivity contribution in [3.05, 3.63) is 0 Å². The summed E-state index contributed by atoms with van der Waals surface area (Å²) in [5.41, 5.74) is 0. The molecule has 0 fully saturated rings. The fraction of sp³-hybridized carbons (Fsp3) is 0.875. The number of hydrogen-bond donors (Lipinski definition) is 0. The van der Waals surface area contributed by atoms with Crippen LogP contribution in [0.1, 0.15) is 39.0 Å². The van der Waals surface area contributed by atoms with E-state index in [1.165, 1.54) is 0 Å². The predicted octanol–water partition coefficient (Wildman–Crippen LogP) is 3.90. The third-order valence-electron chi connectivity index (χ3n) is 1.49. The largest absolute Gasteiger partial charge is 0.300 e. The Kier molecular flexibility index (Phi) is 6.34. The van der Waals surface area contributed by atoms with Crippen LogP contribution in [0.4, 0.5) is 0 Å². The molecule has 12 heavy (non-hydrogen) atoms. The highest BCUT2D eigenvalue weighted by atomic mass is 35.6. The summed E-state index contributed by atoms with van der Waals surface area (Å²) in [5, 5.41) is 0. The van der Waals surface area contributed by atoms with Crippen LogP contribution in [0.3, 0.4) is 0 Å². The van der Waals surface area contributed by atoms with Gasteiger partial charge in [0.1, 0.15) is 5.78 Å². The van der Waals surface area contributed by atoms with Crippen molar-refractivity contribution in [1.29, 1.82) is 0 Å². The fourth-order valence-corrected chi connectivity index (χ4v) is 1.28. The number of Topliss-reactive ketones (excluding diaryl/α,β-unsaturated/α-hetero) is 1. The van der Waals surface area contributed by atoms with E-state index in [-0.39, 0.29) is 5.78 Å². The van der Waals surface area contributed by atoms with Crippen LogP contribution in [0.2, 0.25) is 0 Å². The molecule has 0 aromatic heterocycles. The Bertz CT molecular complexity index is 140. The normalized spacial score (nSPS) is 11.7. The van der Waals surface area contributed by atoms with Gasteiger partial charge in [-0.2, -0.15) is 0 Å². The molecule has 0 heterocycles. The number of rotatable bonds is 5. The highest BCUT2D eigenvalue weighted by Crippen LogP contribution is 2.31. The Balaban J connectivity index is 3.17. The molecule has 0 rings (SSSR count). The Morgan fingerprint density at radius 2 is 1.75 bits per heavy atom. The first kappa shape index (κ1) is 12.5. The predicted molar refractivity (Wildman–Crippen MR) is 54.1 cm³/mol. The highest BCUT2D eigenvalue weighted by molar-refractivity contribution is 6.67. The Morgan fingerprint density at radius 3 is 2.17 bits per heavy atom. The molecule has 72 valence electrons. The van der Waals surface area contributed by atoms with Crippen molar-refractivity contribution in [2.75, 3.05) is 0 Å². The fourth-order valence-electron chi connectivity index (χ4n) is 0.876. The Hall–Kier alpha value is 0.540. The SMILES string of the molecule is CC(=O)CCCCCC(Cl)(Cl)Cl. The van der Waals surface area contributed by atoms with Crippen LogP contribution >= 0.6 is 34.8 Å². The number of hydrogen-bond acceptors (Lipinski definition) is 1. The molecule has 0 N–H and O–H groups in total. The molecule has 0 saturated carbocycles. The maximum absolute atomic E-state index is 10.5. The molecule has 0 saturated heterocycles. The van der Waals surface area contributed by atoms with Crippen molar-refractivity contribution >= 4 is 40.6 Å². The zero-order valence-electron chi connectivity index (χ0n) is 7.08. The number of halogens is 3. The number of carbonyl (C=O) groups excluding carboxylic acids is 1. The lowest BCUT2D eigenvalue weighted by atomic mass is 10.1. The zero-order valence-corrected chi connectivity index (χ0v) is 9.35. The van der Waals surface area contributed by atoms with Crippen LogP contribution < -0.4 is 0 Å². The summed E-state index contributed by atoms with van der Waals surface area (Å²) in [7, 11) is 0. The van der Waals surface area contributed by atoms with E-state index in [1.54, 1.807) is 6.92 Å². The molecule has 0 radical (unpaired) electrons. The van der Waals surface area contributed by atoms with Gasteiger partial charge in [-0.3, -0.25) is 0 Å². The van der Waals surface area contributed by atoms with Crippen molar-refractivity contribution < 1.29 is 4.79 Å². The zero-order chi connectivity index (χ0) is 9.61. The minimum Gasteiger partial charge on any atom is -0.300 e. The molecule has 0 aliphatic carbocycles. The standard InChI is InChI=1S/C8H13Cl3O/c1-7(12)5-3-2-4-6-8(9,10)11/h2-6H2,1H3. The first-order chi connectivity index (χ1) is 5.42. The molecular formula is C8H13Cl3O. The molecule has 0 amide bonds. The lowest BCUT2D eigenvalue weighted by Gasteiger charge is -2.08. The van der Waals surface area contributed by atoms with Crippen molar-refractivity contribution in [3.63, 3.8) is 0 Å². The molecule has 0 bridgehead atoms. The molecule has 4 heteroatoms. The number of ketones is 1. The van der Waals surface area contributed by atoms with Gasteiger partial charge in [0.15, 0.2) is 3.79 Å². The van der Waals surface area contributed by atoms with Gasteiger partial charge in [0, 0.05) is 6.42 Å². The van der Waals surface area contributed by atoms with E-state index >= 15 is 0 Å². The molecule has 0 aliphatic heterocycles. The minimum absolute atomic E-state index is 0.226.